The van der Waals surface area contributed by atoms with Crippen LogP contribution in [0.25, 0.3) is 5.69 Å². The minimum Gasteiger partial charge on any atom is -0.317 e. The average Bonchev–Trinajstić information content (AvgIpc) is 3.04. The van der Waals surface area contributed by atoms with Crippen molar-refractivity contribution in [2.75, 3.05) is 19.3 Å². The van der Waals surface area contributed by atoms with Crippen LogP contribution in [-0.4, -0.2) is 43.5 Å². The lowest BCUT2D eigenvalue weighted by Crippen LogP contribution is -2.29. The lowest BCUT2D eigenvalue weighted by Gasteiger charge is -2.22. The molecule has 2 N–H and O–H groups in total. The molecule has 1 amide bonds. The zero-order chi connectivity index (χ0) is 19.4. The van der Waals surface area contributed by atoms with Gasteiger partial charge in [0.05, 0.1) is 17.6 Å². The van der Waals surface area contributed by atoms with Gasteiger partial charge in [0.1, 0.15) is 0 Å². The molecule has 0 aliphatic carbocycles. The maximum Gasteiger partial charge on any atom is 0.233 e. The first-order valence-corrected chi connectivity index (χ1v) is 11.6. The van der Waals surface area contributed by atoms with Crippen LogP contribution in [0.2, 0.25) is 0 Å². The number of rotatable bonds is 6. The molecular weight excluding hydrogens is 432 g/mol. The molecule has 146 valence electrons. The fourth-order valence-corrected chi connectivity index (χ4v) is 4.07. The highest BCUT2D eigenvalue weighted by Gasteiger charge is 2.23. The number of amides is 1. The third-order valence-electron chi connectivity index (χ3n) is 4.56. The van der Waals surface area contributed by atoms with Crippen molar-refractivity contribution in [3.05, 3.63) is 46.2 Å². The van der Waals surface area contributed by atoms with Gasteiger partial charge in [0.2, 0.25) is 15.9 Å². The third-order valence-corrected chi connectivity index (χ3v) is 5.69. The lowest BCUT2D eigenvalue weighted by atomic mass is 9.91. The first-order valence-electron chi connectivity index (χ1n) is 8.87. The second kappa shape index (κ2) is 8.53. The number of carbonyl (C=O) groups excluding carboxylic acids is 1. The summed E-state index contributed by atoms with van der Waals surface area (Å²) >= 11 is 3.43. The largest absolute Gasteiger partial charge is 0.317 e. The van der Waals surface area contributed by atoms with Crippen LogP contribution in [0.5, 0.6) is 0 Å². The first kappa shape index (κ1) is 20.0. The van der Waals surface area contributed by atoms with Gasteiger partial charge in [0.15, 0.2) is 0 Å². The molecule has 2 aromatic rings. The zero-order valence-corrected chi connectivity index (χ0v) is 17.5. The summed E-state index contributed by atoms with van der Waals surface area (Å²) in [5.41, 5.74) is 2.94. The van der Waals surface area contributed by atoms with Gasteiger partial charge < -0.3 is 5.32 Å². The van der Waals surface area contributed by atoms with Gasteiger partial charge in [-0.3, -0.25) is 9.52 Å². The molecule has 9 heteroatoms. The molecule has 0 unspecified atom stereocenters. The van der Waals surface area contributed by atoms with E-state index in [9.17, 15) is 13.2 Å². The van der Waals surface area contributed by atoms with Gasteiger partial charge in [-0.2, -0.15) is 5.10 Å². The van der Waals surface area contributed by atoms with Gasteiger partial charge in [-0.1, -0.05) is 15.9 Å². The summed E-state index contributed by atoms with van der Waals surface area (Å²) in [7, 11) is -3.53. The molecule has 3 rings (SSSR count). The summed E-state index contributed by atoms with van der Waals surface area (Å²) in [6.07, 6.45) is 5.50. The minimum absolute atomic E-state index is 0.108. The molecule has 0 atom stereocenters. The Kier molecular flexibility index (Phi) is 6.33. The van der Waals surface area contributed by atoms with E-state index in [1.807, 2.05) is 39.9 Å². The number of halogens is 1. The van der Waals surface area contributed by atoms with Crippen LogP contribution in [0.3, 0.4) is 0 Å². The van der Waals surface area contributed by atoms with E-state index in [-0.39, 0.29) is 6.42 Å². The summed E-state index contributed by atoms with van der Waals surface area (Å²) in [5.74, 6) is -0.152. The summed E-state index contributed by atoms with van der Waals surface area (Å²) < 4.78 is 27.3. The predicted octanol–water partition coefficient (Wildman–Crippen LogP) is 2.11. The van der Waals surface area contributed by atoms with Crippen LogP contribution >= 0.6 is 15.9 Å². The van der Waals surface area contributed by atoms with Crippen molar-refractivity contribution < 1.29 is 13.2 Å². The molecule has 0 bridgehead atoms. The average molecular weight is 455 g/mol. The number of benzene rings is 1. The van der Waals surface area contributed by atoms with Crippen molar-refractivity contribution >= 4 is 31.9 Å². The number of hydrogen-bond acceptors (Lipinski definition) is 5. The van der Waals surface area contributed by atoms with Gasteiger partial charge in [-0.25, -0.2) is 13.1 Å². The van der Waals surface area contributed by atoms with Crippen molar-refractivity contribution in [3.63, 3.8) is 0 Å². The molecular formula is C18H23BrN4O3S. The van der Waals surface area contributed by atoms with Crippen molar-refractivity contribution in [1.29, 1.82) is 0 Å². The van der Waals surface area contributed by atoms with E-state index in [2.05, 4.69) is 21.2 Å². The third kappa shape index (κ3) is 5.63. The highest BCUT2D eigenvalue weighted by molar-refractivity contribution is 9.10. The van der Waals surface area contributed by atoms with Gasteiger partial charge in [0, 0.05) is 23.0 Å². The van der Waals surface area contributed by atoms with E-state index in [1.165, 1.54) is 0 Å². The Balaban J connectivity index is 1.83. The standard InChI is InChI=1S/C18H23BrN4O3S/c1-27(25,26)22-17(24)7-2-14-12-23(16-5-3-15(19)4-6-16)21-18(14)13-8-10-20-11-9-13/h3-6,12-13,20H,2,7-11H2,1H3,(H,22,24). The fourth-order valence-electron chi connectivity index (χ4n) is 3.29. The fraction of sp³-hybridized carbons (Fsp3) is 0.444. The van der Waals surface area contributed by atoms with E-state index in [0.29, 0.717) is 12.3 Å². The van der Waals surface area contributed by atoms with E-state index in [0.717, 1.165) is 53.6 Å². The first-order chi connectivity index (χ1) is 12.8. The van der Waals surface area contributed by atoms with Crippen molar-refractivity contribution in [2.24, 2.45) is 0 Å². The van der Waals surface area contributed by atoms with Crippen LogP contribution in [-0.2, 0) is 21.2 Å². The summed E-state index contributed by atoms with van der Waals surface area (Å²) in [6.45, 7) is 1.90. The highest BCUT2D eigenvalue weighted by atomic mass is 79.9. The minimum atomic E-state index is -3.53. The smallest absolute Gasteiger partial charge is 0.233 e. The number of nitrogens with zero attached hydrogens (tertiary/aromatic N) is 2. The van der Waals surface area contributed by atoms with Gasteiger partial charge in [-0.15, -0.1) is 0 Å². The zero-order valence-electron chi connectivity index (χ0n) is 15.1. The second-order valence-electron chi connectivity index (χ2n) is 6.78. The van der Waals surface area contributed by atoms with Crippen LogP contribution in [0.15, 0.2) is 34.9 Å². The van der Waals surface area contributed by atoms with Crippen LogP contribution < -0.4 is 10.0 Å². The van der Waals surface area contributed by atoms with Crippen molar-refractivity contribution in [2.45, 2.75) is 31.6 Å². The number of carbonyl (C=O) groups is 1. The molecule has 1 aliphatic heterocycles. The highest BCUT2D eigenvalue weighted by Crippen LogP contribution is 2.28. The molecule has 2 heterocycles. The molecule has 0 spiro atoms. The Morgan fingerprint density at radius 1 is 1.30 bits per heavy atom. The molecule has 0 saturated carbocycles. The summed E-state index contributed by atoms with van der Waals surface area (Å²) in [5, 5.41) is 8.16. The molecule has 1 aromatic carbocycles. The molecule has 1 aromatic heterocycles. The molecule has 1 saturated heterocycles. The van der Waals surface area contributed by atoms with Crippen LogP contribution in [0.1, 0.15) is 36.4 Å². The van der Waals surface area contributed by atoms with E-state index >= 15 is 0 Å². The lowest BCUT2D eigenvalue weighted by molar-refractivity contribution is -0.119. The number of aryl methyl sites for hydroxylation is 1. The maximum atomic E-state index is 11.9. The van der Waals surface area contributed by atoms with E-state index in [4.69, 9.17) is 5.10 Å². The number of sulfonamides is 1. The quantitative estimate of drug-likeness (QED) is 0.696. The molecule has 0 radical (unpaired) electrons. The monoisotopic (exact) mass is 454 g/mol. The maximum absolute atomic E-state index is 11.9. The second-order valence-corrected chi connectivity index (χ2v) is 9.45. The number of hydrogen-bond donors (Lipinski definition) is 2. The topological polar surface area (TPSA) is 93.1 Å². The van der Waals surface area contributed by atoms with Gasteiger partial charge >= 0.3 is 0 Å². The van der Waals surface area contributed by atoms with Crippen LogP contribution in [0.4, 0.5) is 0 Å². The summed E-state index contributed by atoms with van der Waals surface area (Å²) in [4.78, 5) is 11.9. The van der Waals surface area contributed by atoms with Crippen LogP contribution in [0, 0.1) is 0 Å². The normalized spacial score (nSPS) is 15.6. The molecule has 27 heavy (non-hydrogen) atoms. The molecule has 1 aliphatic rings. The van der Waals surface area contributed by atoms with Crippen molar-refractivity contribution in [1.82, 2.24) is 19.8 Å². The number of aromatic nitrogens is 2. The van der Waals surface area contributed by atoms with E-state index < -0.39 is 15.9 Å². The Morgan fingerprint density at radius 2 is 1.96 bits per heavy atom. The summed E-state index contributed by atoms with van der Waals surface area (Å²) in [6, 6.07) is 7.87. The predicted molar refractivity (Wildman–Crippen MR) is 107 cm³/mol. The van der Waals surface area contributed by atoms with Crippen molar-refractivity contribution in [3.8, 4) is 5.69 Å². The Morgan fingerprint density at radius 3 is 2.59 bits per heavy atom. The van der Waals surface area contributed by atoms with Gasteiger partial charge in [-0.05, 0) is 62.2 Å². The molecule has 7 nitrogen and oxygen atoms in total. The SMILES string of the molecule is CS(=O)(=O)NC(=O)CCc1cn(-c2ccc(Br)cc2)nc1C1CCNCC1. The van der Waals surface area contributed by atoms with Gasteiger partial charge in [0.25, 0.3) is 0 Å². The van der Waals surface area contributed by atoms with E-state index in [1.54, 1.807) is 0 Å². The Labute approximate surface area is 167 Å². The number of piperidine rings is 1. The molecule has 1 fully saturated rings. The Hall–Kier alpha value is -1.71. The number of nitrogens with one attached hydrogen (secondary N) is 2. The Bertz CT molecular complexity index is 903.